The number of hydrogen-bond donors (Lipinski definition) is 1. The number of nitrogens with zero attached hydrogens (tertiary/aromatic N) is 2. The largest absolute Gasteiger partial charge is 0.459 e. The lowest BCUT2D eigenvalue weighted by molar-refractivity contribution is 0.0679. The summed E-state index contributed by atoms with van der Waals surface area (Å²) in [5.74, 6) is 0.673. The summed E-state index contributed by atoms with van der Waals surface area (Å²) < 4.78 is 5.89. The van der Waals surface area contributed by atoms with E-state index in [0.29, 0.717) is 18.8 Å². The molecule has 5 nitrogen and oxygen atoms in total. The summed E-state index contributed by atoms with van der Waals surface area (Å²) in [5.41, 5.74) is 6.85. The van der Waals surface area contributed by atoms with Gasteiger partial charge in [-0.3, -0.25) is 4.79 Å². The number of hydrogen-bond acceptors (Lipinski definition) is 5. The molecule has 1 atom stereocenters. The van der Waals surface area contributed by atoms with Crippen molar-refractivity contribution >= 4 is 40.6 Å². The van der Waals surface area contributed by atoms with Gasteiger partial charge in [-0.2, -0.15) is 0 Å². The molecule has 1 aromatic carbocycles. The molecule has 2 aromatic heterocycles. The second-order valence-corrected chi connectivity index (χ2v) is 6.23. The Morgan fingerprint density at radius 2 is 2.17 bits per heavy atom. The molecule has 0 radical (unpaired) electrons. The summed E-state index contributed by atoms with van der Waals surface area (Å²) >= 11 is 1.41. The van der Waals surface area contributed by atoms with E-state index in [4.69, 9.17) is 10.2 Å². The first-order chi connectivity index (χ1) is 11.1. The molecule has 2 heterocycles. The summed E-state index contributed by atoms with van der Waals surface area (Å²) in [6, 6.07) is 9.66. The Hall–Kier alpha value is -1.89. The Kier molecular flexibility index (Phi) is 5.99. The van der Waals surface area contributed by atoms with E-state index in [1.807, 2.05) is 44.2 Å². The van der Waals surface area contributed by atoms with Gasteiger partial charge in [0.05, 0.1) is 6.04 Å². The minimum Gasteiger partial charge on any atom is -0.459 e. The Morgan fingerprint density at radius 1 is 1.42 bits per heavy atom. The number of amides is 1. The van der Waals surface area contributed by atoms with Gasteiger partial charge in [0.1, 0.15) is 22.0 Å². The first-order valence-electron chi connectivity index (χ1n) is 7.58. The fourth-order valence-corrected chi connectivity index (χ4v) is 3.25. The van der Waals surface area contributed by atoms with Crippen LogP contribution in [0, 0.1) is 0 Å². The maximum absolute atomic E-state index is 12.7. The molecule has 0 saturated carbocycles. The Morgan fingerprint density at radius 3 is 2.79 bits per heavy atom. The van der Waals surface area contributed by atoms with Crippen LogP contribution in [0.3, 0.4) is 0 Å². The van der Waals surface area contributed by atoms with E-state index in [1.54, 1.807) is 10.3 Å². The molecule has 1 unspecified atom stereocenters. The number of rotatable bonds is 5. The SMILES string of the molecule is CCN(C(=O)c1csc(CN)n1)C(C)c1cc2ccccc2o1.Cl. The monoisotopic (exact) mass is 365 g/mol. The highest BCUT2D eigenvalue weighted by atomic mass is 35.5. The van der Waals surface area contributed by atoms with E-state index in [2.05, 4.69) is 4.98 Å². The number of carbonyl (C=O) groups excluding carboxylic acids is 1. The zero-order valence-corrected chi connectivity index (χ0v) is 15.2. The average molecular weight is 366 g/mol. The normalized spacial score (nSPS) is 12.0. The van der Waals surface area contributed by atoms with Crippen molar-refractivity contribution in [3.63, 3.8) is 0 Å². The molecule has 0 aliphatic carbocycles. The van der Waals surface area contributed by atoms with Crippen LogP contribution in [0.25, 0.3) is 11.0 Å². The van der Waals surface area contributed by atoms with Crippen molar-refractivity contribution in [2.24, 2.45) is 5.73 Å². The molecule has 2 N–H and O–H groups in total. The average Bonchev–Trinajstić information content (AvgIpc) is 3.21. The Balaban J connectivity index is 0.00000208. The molecular formula is C17H20ClN3O2S. The highest BCUT2D eigenvalue weighted by molar-refractivity contribution is 7.09. The molecule has 0 aliphatic rings. The first kappa shape index (κ1) is 18.4. The minimum absolute atomic E-state index is 0. The number of halogens is 1. The van der Waals surface area contributed by atoms with Crippen molar-refractivity contribution in [1.29, 1.82) is 0 Å². The maximum atomic E-state index is 12.7. The Bertz CT molecular complexity index is 797. The van der Waals surface area contributed by atoms with Crippen LogP contribution in [0.4, 0.5) is 0 Å². The molecule has 0 spiro atoms. The van der Waals surface area contributed by atoms with Crippen LogP contribution in [0.15, 0.2) is 40.1 Å². The predicted molar refractivity (Wildman–Crippen MR) is 98.6 cm³/mol. The number of nitrogens with two attached hydrogens (primary N) is 1. The number of thiazole rings is 1. The second-order valence-electron chi connectivity index (χ2n) is 5.28. The van der Waals surface area contributed by atoms with Gasteiger partial charge in [-0.05, 0) is 26.0 Å². The molecule has 0 fully saturated rings. The molecule has 3 rings (SSSR count). The van der Waals surface area contributed by atoms with Crippen LogP contribution in [0.5, 0.6) is 0 Å². The lowest BCUT2D eigenvalue weighted by Crippen LogP contribution is -2.33. The van der Waals surface area contributed by atoms with Crippen LogP contribution < -0.4 is 5.73 Å². The number of benzene rings is 1. The van der Waals surface area contributed by atoms with E-state index in [-0.39, 0.29) is 24.4 Å². The fourth-order valence-electron chi connectivity index (χ4n) is 2.61. The third-order valence-corrected chi connectivity index (χ3v) is 4.74. The number of carbonyl (C=O) groups is 1. The van der Waals surface area contributed by atoms with Gasteiger partial charge in [0.2, 0.25) is 0 Å². The number of fused-ring (bicyclic) bond motifs is 1. The van der Waals surface area contributed by atoms with E-state index < -0.39 is 0 Å². The van der Waals surface area contributed by atoms with Crippen molar-refractivity contribution in [2.75, 3.05) is 6.54 Å². The van der Waals surface area contributed by atoms with Crippen LogP contribution in [0.1, 0.15) is 41.1 Å². The molecule has 0 bridgehead atoms. The molecule has 24 heavy (non-hydrogen) atoms. The molecule has 0 aliphatic heterocycles. The Labute approximate surface area is 150 Å². The summed E-state index contributed by atoms with van der Waals surface area (Å²) in [5, 5.41) is 3.57. The van der Waals surface area contributed by atoms with Crippen molar-refractivity contribution in [3.05, 3.63) is 52.2 Å². The highest BCUT2D eigenvalue weighted by Crippen LogP contribution is 2.28. The van der Waals surface area contributed by atoms with Crippen molar-refractivity contribution in [2.45, 2.75) is 26.4 Å². The van der Waals surface area contributed by atoms with Gasteiger partial charge < -0.3 is 15.1 Å². The molecule has 3 aromatic rings. The van der Waals surface area contributed by atoms with Gasteiger partial charge in [0.15, 0.2) is 0 Å². The van der Waals surface area contributed by atoms with Gasteiger partial charge in [-0.1, -0.05) is 18.2 Å². The fraction of sp³-hybridized carbons (Fsp3) is 0.294. The quantitative estimate of drug-likeness (QED) is 0.741. The van der Waals surface area contributed by atoms with E-state index in [0.717, 1.165) is 21.7 Å². The summed E-state index contributed by atoms with van der Waals surface area (Å²) in [6.07, 6.45) is 0. The lowest BCUT2D eigenvalue weighted by atomic mass is 10.2. The van der Waals surface area contributed by atoms with Gasteiger partial charge in [0.25, 0.3) is 5.91 Å². The predicted octanol–water partition coefficient (Wildman–Crippen LogP) is 3.99. The summed E-state index contributed by atoms with van der Waals surface area (Å²) in [7, 11) is 0. The molecule has 128 valence electrons. The zero-order valence-electron chi connectivity index (χ0n) is 13.6. The van der Waals surface area contributed by atoms with E-state index in [9.17, 15) is 4.79 Å². The standard InChI is InChI=1S/C17H19N3O2S.ClH/c1-3-20(17(21)13-10-23-16(9-18)19-13)11(2)15-8-12-6-4-5-7-14(12)22-15;/h4-8,10-11H,3,9,18H2,1-2H3;1H. The lowest BCUT2D eigenvalue weighted by Gasteiger charge is -2.25. The van der Waals surface area contributed by atoms with Gasteiger partial charge in [-0.15, -0.1) is 23.7 Å². The summed E-state index contributed by atoms with van der Waals surface area (Å²) in [4.78, 5) is 18.8. The van der Waals surface area contributed by atoms with Crippen molar-refractivity contribution < 1.29 is 9.21 Å². The number of aromatic nitrogens is 1. The van der Waals surface area contributed by atoms with E-state index >= 15 is 0 Å². The molecule has 7 heteroatoms. The smallest absolute Gasteiger partial charge is 0.273 e. The molecular weight excluding hydrogens is 346 g/mol. The van der Waals surface area contributed by atoms with Crippen molar-refractivity contribution in [3.8, 4) is 0 Å². The van der Waals surface area contributed by atoms with Crippen LogP contribution in [-0.4, -0.2) is 22.3 Å². The van der Waals surface area contributed by atoms with Gasteiger partial charge >= 0.3 is 0 Å². The van der Waals surface area contributed by atoms with Crippen LogP contribution in [-0.2, 0) is 6.54 Å². The van der Waals surface area contributed by atoms with Gasteiger partial charge in [0, 0.05) is 23.9 Å². The van der Waals surface area contributed by atoms with Crippen LogP contribution >= 0.6 is 23.7 Å². The summed E-state index contributed by atoms with van der Waals surface area (Å²) in [6.45, 7) is 4.85. The molecule has 1 amide bonds. The van der Waals surface area contributed by atoms with Gasteiger partial charge in [-0.25, -0.2) is 4.98 Å². The highest BCUT2D eigenvalue weighted by Gasteiger charge is 2.25. The number of para-hydroxylation sites is 1. The number of furan rings is 1. The second kappa shape index (κ2) is 7.79. The third kappa shape index (κ3) is 3.45. The molecule has 0 saturated heterocycles. The third-order valence-electron chi connectivity index (χ3n) is 3.87. The maximum Gasteiger partial charge on any atom is 0.273 e. The van der Waals surface area contributed by atoms with E-state index in [1.165, 1.54) is 11.3 Å². The zero-order chi connectivity index (χ0) is 16.4. The minimum atomic E-state index is -0.164. The van der Waals surface area contributed by atoms with Crippen molar-refractivity contribution in [1.82, 2.24) is 9.88 Å². The first-order valence-corrected chi connectivity index (χ1v) is 8.46. The topological polar surface area (TPSA) is 72.4 Å². The van der Waals surface area contributed by atoms with Crippen LogP contribution in [0.2, 0.25) is 0 Å².